The van der Waals surface area contributed by atoms with E-state index in [9.17, 15) is 0 Å². The van der Waals surface area contributed by atoms with Gasteiger partial charge in [0.05, 0.1) is 0 Å². The highest BCUT2D eigenvalue weighted by molar-refractivity contribution is 5.95. The third-order valence-corrected chi connectivity index (χ3v) is 2.76. The van der Waals surface area contributed by atoms with Crippen molar-refractivity contribution in [3.63, 3.8) is 0 Å². The molecule has 0 aliphatic heterocycles. The molecule has 2 aromatic rings. The van der Waals surface area contributed by atoms with Gasteiger partial charge in [-0.05, 0) is 23.6 Å². The quantitative estimate of drug-likeness (QED) is 0.604. The molecule has 0 saturated heterocycles. The maximum Gasteiger partial charge on any atom is 0.0478 e. The third-order valence-electron chi connectivity index (χ3n) is 2.76. The number of benzene rings is 2. The fourth-order valence-electron chi connectivity index (χ4n) is 1.91. The lowest BCUT2D eigenvalue weighted by molar-refractivity contribution is 1.61. The second-order valence-corrected chi connectivity index (χ2v) is 3.68. The van der Waals surface area contributed by atoms with Crippen LogP contribution in [0, 0.1) is 49.4 Å². The Morgan fingerprint density at radius 2 is 1.39 bits per heavy atom. The summed E-state index contributed by atoms with van der Waals surface area (Å²) in [5, 5.41) is 1.72. The molecule has 0 atom stereocenters. The number of fused-ring (bicyclic) bond motifs is 1. The van der Waals surface area contributed by atoms with Gasteiger partial charge in [0.15, 0.2) is 0 Å². The van der Waals surface area contributed by atoms with Crippen molar-refractivity contribution in [3.8, 4) is 49.4 Å². The molecule has 18 heavy (non-hydrogen) atoms. The first-order chi connectivity index (χ1) is 8.74. The van der Waals surface area contributed by atoms with Gasteiger partial charge in [0.2, 0.25) is 0 Å². The van der Waals surface area contributed by atoms with Gasteiger partial charge in [0, 0.05) is 27.6 Å². The highest BCUT2D eigenvalue weighted by atomic mass is 14.1. The monoisotopic (exact) mass is 224 g/mol. The van der Waals surface area contributed by atoms with Crippen LogP contribution >= 0.6 is 0 Å². The van der Waals surface area contributed by atoms with Crippen molar-refractivity contribution < 1.29 is 0 Å². The van der Waals surface area contributed by atoms with E-state index in [1.54, 1.807) is 12.1 Å². The molecule has 2 aromatic carbocycles. The molecule has 80 valence electrons. The lowest BCUT2D eigenvalue weighted by atomic mass is 9.94. The Kier molecular flexibility index (Phi) is 2.82. The molecule has 0 unspecified atom stereocenters. The van der Waals surface area contributed by atoms with Crippen molar-refractivity contribution in [2.45, 2.75) is 0 Å². The number of terminal acetylenes is 4. The average molecular weight is 224 g/mol. The lowest BCUT2D eigenvalue weighted by Crippen LogP contribution is -1.90. The normalized spacial score (nSPS) is 8.89. The zero-order valence-corrected chi connectivity index (χ0v) is 9.62. The molecule has 0 aliphatic carbocycles. The van der Waals surface area contributed by atoms with Gasteiger partial charge in [-0.1, -0.05) is 29.7 Å². The molecule has 0 aliphatic rings. The van der Waals surface area contributed by atoms with Crippen molar-refractivity contribution >= 4 is 10.8 Å². The summed E-state index contributed by atoms with van der Waals surface area (Å²) in [4.78, 5) is 0. The number of hydrogen-bond donors (Lipinski definition) is 0. The van der Waals surface area contributed by atoms with E-state index < -0.39 is 0 Å². The minimum absolute atomic E-state index is 0.656. The molecular weight excluding hydrogens is 216 g/mol. The first-order valence-corrected chi connectivity index (χ1v) is 5.22. The minimum Gasteiger partial charge on any atom is -0.115 e. The van der Waals surface area contributed by atoms with Crippen LogP contribution in [0.4, 0.5) is 0 Å². The first kappa shape index (κ1) is 11.4. The smallest absolute Gasteiger partial charge is 0.0478 e. The van der Waals surface area contributed by atoms with Crippen LogP contribution in [-0.4, -0.2) is 0 Å². The van der Waals surface area contributed by atoms with Crippen LogP contribution in [0.1, 0.15) is 22.3 Å². The molecule has 0 bridgehead atoms. The summed E-state index contributed by atoms with van der Waals surface area (Å²) >= 11 is 0. The van der Waals surface area contributed by atoms with E-state index in [4.69, 9.17) is 25.7 Å². The molecule has 0 nitrogen and oxygen atoms in total. The van der Waals surface area contributed by atoms with Gasteiger partial charge in [-0.15, -0.1) is 25.7 Å². The van der Waals surface area contributed by atoms with Gasteiger partial charge < -0.3 is 0 Å². The van der Waals surface area contributed by atoms with E-state index in [2.05, 4.69) is 23.7 Å². The summed E-state index contributed by atoms with van der Waals surface area (Å²) in [5.41, 5.74) is 2.74. The predicted octanol–water partition coefficient (Wildman–Crippen LogP) is 2.77. The van der Waals surface area contributed by atoms with E-state index in [0.717, 1.165) is 16.3 Å². The molecular formula is C18H8. The Balaban J connectivity index is 3.05. The molecule has 0 radical (unpaired) electrons. The molecule has 2 rings (SSSR count). The van der Waals surface area contributed by atoms with E-state index >= 15 is 0 Å². The summed E-state index contributed by atoms with van der Waals surface area (Å²) in [6.45, 7) is 0. The fourth-order valence-corrected chi connectivity index (χ4v) is 1.91. The van der Waals surface area contributed by atoms with Gasteiger partial charge in [0.25, 0.3) is 0 Å². The number of hydrogen-bond acceptors (Lipinski definition) is 0. The summed E-state index contributed by atoms with van der Waals surface area (Å²) in [7, 11) is 0. The van der Waals surface area contributed by atoms with Gasteiger partial charge in [-0.2, -0.15) is 0 Å². The van der Waals surface area contributed by atoms with Gasteiger partial charge >= 0.3 is 0 Å². The zero-order valence-electron chi connectivity index (χ0n) is 9.62. The Morgan fingerprint density at radius 1 is 0.667 bits per heavy atom. The average Bonchev–Trinajstić information content (AvgIpc) is 2.44. The van der Waals surface area contributed by atoms with E-state index in [1.165, 1.54) is 0 Å². The van der Waals surface area contributed by atoms with Crippen molar-refractivity contribution in [1.82, 2.24) is 0 Å². The van der Waals surface area contributed by atoms with Crippen LogP contribution in [0.15, 0.2) is 24.3 Å². The molecule has 0 aromatic heterocycles. The van der Waals surface area contributed by atoms with Gasteiger partial charge in [0.1, 0.15) is 0 Å². The minimum atomic E-state index is 0.656. The largest absolute Gasteiger partial charge is 0.115 e. The van der Waals surface area contributed by atoms with Crippen LogP contribution in [0.25, 0.3) is 10.8 Å². The van der Waals surface area contributed by atoms with Gasteiger partial charge in [-0.25, -0.2) is 0 Å². The summed E-state index contributed by atoms with van der Waals surface area (Å²) in [6.07, 6.45) is 21.9. The standard InChI is InChI=1S/C18H8/c1-5-13-11-15(7-3)17-10-9-14(6-2)16(8-4)18(17)12-13/h1-4,9-12H. The first-order valence-electron chi connectivity index (χ1n) is 5.22. The molecule has 0 fully saturated rings. The topological polar surface area (TPSA) is 0 Å². The lowest BCUT2D eigenvalue weighted by Gasteiger charge is -2.07. The Hall–Kier alpha value is -3.06. The molecule has 0 amide bonds. The highest BCUT2D eigenvalue weighted by Crippen LogP contribution is 2.26. The zero-order chi connectivity index (χ0) is 13.1. The summed E-state index contributed by atoms with van der Waals surface area (Å²) < 4.78 is 0. The van der Waals surface area contributed by atoms with Gasteiger partial charge in [-0.3, -0.25) is 0 Å². The van der Waals surface area contributed by atoms with Crippen LogP contribution in [-0.2, 0) is 0 Å². The molecule has 0 spiro atoms. The van der Waals surface area contributed by atoms with Crippen LogP contribution in [0.5, 0.6) is 0 Å². The summed E-state index contributed by atoms with van der Waals surface area (Å²) in [6, 6.07) is 7.30. The van der Waals surface area contributed by atoms with E-state index in [1.807, 2.05) is 12.1 Å². The Labute approximate surface area is 107 Å². The summed E-state index contributed by atoms with van der Waals surface area (Å²) in [5.74, 6) is 10.4. The maximum absolute atomic E-state index is 5.53. The van der Waals surface area contributed by atoms with Crippen molar-refractivity contribution in [1.29, 1.82) is 0 Å². The second-order valence-electron chi connectivity index (χ2n) is 3.68. The molecule has 0 heterocycles. The van der Waals surface area contributed by atoms with E-state index in [0.29, 0.717) is 16.7 Å². The van der Waals surface area contributed by atoms with Crippen molar-refractivity contribution in [2.24, 2.45) is 0 Å². The fraction of sp³-hybridized carbons (Fsp3) is 0. The van der Waals surface area contributed by atoms with Crippen LogP contribution in [0.3, 0.4) is 0 Å². The molecule has 0 heteroatoms. The van der Waals surface area contributed by atoms with Crippen LogP contribution in [0.2, 0.25) is 0 Å². The van der Waals surface area contributed by atoms with Crippen molar-refractivity contribution in [3.05, 3.63) is 46.5 Å². The SMILES string of the molecule is C#Cc1cc(C#C)c2ccc(C#C)c(C#C)c2c1. The Morgan fingerprint density at radius 3 is 1.94 bits per heavy atom. The van der Waals surface area contributed by atoms with E-state index in [-0.39, 0.29) is 0 Å². The maximum atomic E-state index is 5.53. The third kappa shape index (κ3) is 1.60. The number of rotatable bonds is 0. The predicted molar refractivity (Wildman–Crippen MR) is 75.7 cm³/mol. The van der Waals surface area contributed by atoms with Crippen molar-refractivity contribution in [2.75, 3.05) is 0 Å². The molecule has 0 saturated carbocycles. The second kappa shape index (κ2) is 4.44. The van der Waals surface area contributed by atoms with Crippen LogP contribution < -0.4 is 0 Å². The Bertz CT molecular complexity index is 807. The highest BCUT2D eigenvalue weighted by Gasteiger charge is 2.08. The molecule has 0 N–H and O–H groups in total.